The van der Waals surface area contributed by atoms with Gasteiger partial charge in [0.05, 0.1) is 11.9 Å². The van der Waals surface area contributed by atoms with E-state index in [-0.39, 0.29) is 5.60 Å². The highest BCUT2D eigenvalue weighted by Gasteiger charge is 2.36. The molecular weight excluding hydrogens is 226 g/mol. The van der Waals surface area contributed by atoms with Gasteiger partial charge in [0.1, 0.15) is 5.76 Å². The van der Waals surface area contributed by atoms with Gasteiger partial charge in [-0.05, 0) is 38.4 Å². The van der Waals surface area contributed by atoms with E-state index in [0.717, 1.165) is 38.2 Å². The van der Waals surface area contributed by atoms with Gasteiger partial charge in [-0.25, -0.2) is 0 Å². The largest absolute Gasteiger partial charge is 0.469 e. The number of hydrogen-bond acceptors (Lipinski definition) is 3. The molecule has 0 amide bonds. The van der Waals surface area contributed by atoms with Crippen LogP contribution in [0.4, 0.5) is 0 Å². The third kappa shape index (κ3) is 3.59. The van der Waals surface area contributed by atoms with E-state index in [9.17, 15) is 0 Å². The standard InChI is InChI=1S/C15H27NO2/c1-5-15(6-2,18-8-4)14(16-7-3)12-13-10-9-11-17-13/h9-11,14,16H,5-8,12H2,1-4H3. The van der Waals surface area contributed by atoms with Gasteiger partial charge in [0.15, 0.2) is 0 Å². The van der Waals surface area contributed by atoms with Gasteiger partial charge in [-0.2, -0.15) is 0 Å². The first-order valence-corrected chi connectivity index (χ1v) is 7.12. The topological polar surface area (TPSA) is 34.4 Å². The van der Waals surface area contributed by atoms with Crippen molar-refractivity contribution in [3.05, 3.63) is 24.2 Å². The number of ether oxygens (including phenoxy) is 1. The van der Waals surface area contributed by atoms with Crippen LogP contribution in [0, 0.1) is 0 Å². The summed E-state index contributed by atoms with van der Waals surface area (Å²) < 4.78 is 11.6. The predicted molar refractivity (Wildman–Crippen MR) is 74.8 cm³/mol. The monoisotopic (exact) mass is 253 g/mol. The summed E-state index contributed by atoms with van der Waals surface area (Å²) in [4.78, 5) is 0. The Morgan fingerprint density at radius 1 is 1.28 bits per heavy atom. The third-order valence-electron chi connectivity index (χ3n) is 3.70. The molecule has 3 heteroatoms. The SMILES string of the molecule is CCNC(Cc1ccco1)C(CC)(CC)OCC. The number of nitrogens with one attached hydrogen (secondary N) is 1. The van der Waals surface area contributed by atoms with E-state index < -0.39 is 0 Å². The minimum absolute atomic E-state index is 0.0997. The maximum atomic E-state index is 6.09. The molecule has 0 aliphatic carbocycles. The van der Waals surface area contributed by atoms with Crippen molar-refractivity contribution in [2.75, 3.05) is 13.2 Å². The molecule has 0 saturated heterocycles. The highest BCUT2D eigenvalue weighted by Crippen LogP contribution is 2.27. The lowest BCUT2D eigenvalue weighted by atomic mass is 9.85. The normalized spacial score (nSPS) is 13.8. The summed E-state index contributed by atoms with van der Waals surface area (Å²) >= 11 is 0. The average Bonchev–Trinajstić information content (AvgIpc) is 2.89. The number of likely N-dealkylation sites (N-methyl/N-ethyl adjacent to an activating group) is 1. The van der Waals surface area contributed by atoms with Crippen LogP contribution in [0.25, 0.3) is 0 Å². The number of furan rings is 1. The molecule has 1 N–H and O–H groups in total. The van der Waals surface area contributed by atoms with Crippen LogP contribution in [-0.2, 0) is 11.2 Å². The minimum atomic E-state index is -0.0997. The quantitative estimate of drug-likeness (QED) is 0.732. The van der Waals surface area contributed by atoms with Gasteiger partial charge < -0.3 is 14.5 Å². The molecular formula is C15H27NO2. The zero-order chi connectivity index (χ0) is 13.4. The molecule has 0 aliphatic heterocycles. The smallest absolute Gasteiger partial charge is 0.105 e. The van der Waals surface area contributed by atoms with Crippen LogP contribution in [0.15, 0.2) is 22.8 Å². The summed E-state index contributed by atoms with van der Waals surface area (Å²) in [6.07, 6.45) is 4.63. The summed E-state index contributed by atoms with van der Waals surface area (Å²) in [5.74, 6) is 1.02. The molecule has 1 rings (SSSR count). The van der Waals surface area contributed by atoms with Crippen LogP contribution >= 0.6 is 0 Å². The van der Waals surface area contributed by atoms with Crippen molar-refractivity contribution in [1.29, 1.82) is 0 Å². The molecule has 0 bridgehead atoms. The summed E-state index contributed by atoms with van der Waals surface area (Å²) in [6, 6.07) is 4.27. The van der Waals surface area contributed by atoms with Gasteiger partial charge >= 0.3 is 0 Å². The lowest BCUT2D eigenvalue weighted by Gasteiger charge is -2.39. The second-order valence-corrected chi connectivity index (χ2v) is 4.60. The van der Waals surface area contributed by atoms with E-state index >= 15 is 0 Å². The fourth-order valence-corrected chi connectivity index (χ4v) is 2.66. The Hall–Kier alpha value is -0.800. The Balaban J connectivity index is 2.85. The zero-order valence-electron chi connectivity index (χ0n) is 12.2. The van der Waals surface area contributed by atoms with Gasteiger partial charge in [-0.1, -0.05) is 20.8 Å². The highest BCUT2D eigenvalue weighted by atomic mass is 16.5. The Morgan fingerprint density at radius 3 is 2.44 bits per heavy atom. The molecule has 0 spiro atoms. The predicted octanol–water partition coefficient (Wildman–Crippen LogP) is 3.40. The van der Waals surface area contributed by atoms with Crippen molar-refractivity contribution in [2.24, 2.45) is 0 Å². The van der Waals surface area contributed by atoms with Crippen LogP contribution < -0.4 is 5.32 Å². The molecule has 0 fully saturated rings. The fraction of sp³-hybridized carbons (Fsp3) is 0.733. The van der Waals surface area contributed by atoms with Gasteiger partial charge in [0, 0.05) is 19.1 Å². The van der Waals surface area contributed by atoms with Crippen LogP contribution in [0.1, 0.15) is 46.3 Å². The fourth-order valence-electron chi connectivity index (χ4n) is 2.66. The van der Waals surface area contributed by atoms with Crippen LogP contribution in [0.5, 0.6) is 0 Å². The lowest BCUT2D eigenvalue weighted by molar-refractivity contribution is -0.0724. The van der Waals surface area contributed by atoms with E-state index in [1.807, 2.05) is 12.1 Å². The molecule has 104 valence electrons. The van der Waals surface area contributed by atoms with E-state index in [1.54, 1.807) is 6.26 Å². The van der Waals surface area contributed by atoms with Crippen LogP contribution in [-0.4, -0.2) is 24.8 Å². The molecule has 1 aromatic rings. The van der Waals surface area contributed by atoms with Crippen molar-refractivity contribution < 1.29 is 9.15 Å². The van der Waals surface area contributed by atoms with Crippen LogP contribution in [0.2, 0.25) is 0 Å². The number of hydrogen-bond donors (Lipinski definition) is 1. The lowest BCUT2D eigenvalue weighted by Crippen LogP contribution is -2.53. The second-order valence-electron chi connectivity index (χ2n) is 4.60. The minimum Gasteiger partial charge on any atom is -0.469 e. The highest BCUT2D eigenvalue weighted by molar-refractivity contribution is 5.05. The van der Waals surface area contributed by atoms with E-state index in [0.29, 0.717) is 6.04 Å². The van der Waals surface area contributed by atoms with E-state index in [4.69, 9.17) is 9.15 Å². The first-order chi connectivity index (χ1) is 8.72. The molecule has 1 unspecified atom stereocenters. The Morgan fingerprint density at radius 2 is 2.00 bits per heavy atom. The third-order valence-corrected chi connectivity index (χ3v) is 3.70. The van der Waals surface area contributed by atoms with E-state index in [1.165, 1.54) is 0 Å². The summed E-state index contributed by atoms with van der Waals surface area (Å²) in [5, 5.41) is 3.56. The summed E-state index contributed by atoms with van der Waals surface area (Å²) in [6.45, 7) is 10.3. The Bertz CT molecular complexity index is 304. The van der Waals surface area contributed by atoms with Crippen molar-refractivity contribution >= 4 is 0 Å². The molecule has 3 nitrogen and oxygen atoms in total. The molecule has 1 aromatic heterocycles. The molecule has 0 radical (unpaired) electrons. The zero-order valence-corrected chi connectivity index (χ0v) is 12.2. The second kappa shape index (κ2) is 7.59. The van der Waals surface area contributed by atoms with Gasteiger partial charge in [0.2, 0.25) is 0 Å². The van der Waals surface area contributed by atoms with Crippen LogP contribution in [0.3, 0.4) is 0 Å². The maximum absolute atomic E-state index is 6.09. The molecule has 18 heavy (non-hydrogen) atoms. The van der Waals surface area contributed by atoms with Crippen molar-refractivity contribution in [2.45, 2.75) is 58.6 Å². The van der Waals surface area contributed by atoms with Gasteiger partial charge in [-0.3, -0.25) is 0 Å². The molecule has 0 saturated carbocycles. The average molecular weight is 253 g/mol. The summed E-state index contributed by atoms with van der Waals surface area (Å²) in [5.41, 5.74) is -0.0997. The van der Waals surface area contributed by atoms with Crippen molar-refractivity contribution in [3.8, 4) is 0 Å². The number of rotatable bonds is 9. The molecule has 0 aromatic carbocycles. The first kappa shape index (κ1) is 15.3. The maximum Gasteiger partial charge on any atom is 0.105 e. The first-order valence-electron chi connectivity index (χ1n) is 7.12. The van der Waals surface area contributed by atoms with Crippen molar-refractivity contribution in [3.63, 3.8) is 0 Å². The van der Waals surface area contributed by atoms with Crippen molar-refractivity contribution in [1.82, 2.24) is 5.32 Å². The van der Waals surface area contributed by atoms with Gasteiger partial charge in [-0.15, -0.1) is 0 Å². The summed E-state index contributed by atoms with van der Waals surface area (Å²) in [7, 11) is 0. The van der Waals surface area contributed by atoms with E-state index in [2.05, 4.69) is 33.0 Å². The molecule has 1 atom stereocenters. The Labute approximate surface area is 111 Å². The molecule has 0 aliphatic rings. The molecule has 1 heterocycles. The van der Waals surface area contributed by atoms with Gasteiger partial charge in [0.25, 0.3) is 0 Å². The Kier molecular flexibility index (Phi) is 6.44.